The van der Waals surface area contributed by atoms with Crippen LogP contribution in [0.15, 0.2) is 0 Å². The lowest BCUT2D eigenvalue weighted by Gasteiger charge is -2.23. The Labute approximate surface area is 115 Å². The van der Waals surface area contributed by atoms with Crippen LogP contribution in [0.5, 0.6) is 0 Å². The minimum absolute atomic E-state index is 0.0828. The molecule has 2 fully saturated rings. The van der Waals surface area contributed by atoms with Crippen molar-refractivity contribution in [2.75, 3.05) is 32.9 Å². The van der Waals surface area contributed by atoms with Crippen molar-refractivity contribution in [1.29, 1.82) is 0 Å². The average Bonchev–Trinajstić information content (AvgIpc) is 2.68. The number of hydrogen-bond donors (Lipinski definition) is 2. The van der Waals surface area contributed by atoms with Crippen LogP contribution in [0.4, 0.5) is 0 Å². The lowest BCUT2D eigenvalue weighted by molar-refractivity contribution is -0.121. The summed E-state index contributed by atoms with van der Waals surface area (Å²) in [5.74, 6) is 0.101. The summed E-state index contributed by atoms with van der Waals surface area (Å²) in [5, 5.41) is 6.27. The number of ether oxygens (including phenoxy) is 2. The van der Waals surface area contributed by atoms with E-state index in [0.29, 0.717) is 39.0 Å². The number of carbonyl (C=O) groups excluding carboxylic acids is 1. The number of amides is 1. The van der Waals surface area contributed by atoms with Crippen molar-refractivity contribution < 1.29 is 14.3 Å². The lowest BCUT2D eigenvalue weighted by atomic mass is 10.1. The monoisotopic (exact) mass is 270 g/mol. The van der Waals surface area contributed by atoms with Crippen molar-refractivity contribution in [2.45, 2.75) is 50.7 Å². The Morgan fingerprint density at radius 3 is 2.58 bits per heavy atom. The molecule has 0 radical (unpaired) electrons. The molecule has 1 atom stereocenters. The Bertz CT molecular complexity index is 259. The largest absolute Gasteiger partial charge is 0.376 e. The molecule has 5 nitrogen and oxygen atoms in total. The van der Waals surface area contributed by atoms with Gasteiger partial charge in [-0.15, -0.1) is 0 Å². The fraction of sp³-hybridized carbons (Fsp3) is 0.929. The summed E-state index contributed by atoms with van der Waals surface area (Å²) >= 11 is 0. The van der Waals surface area contributed by atoms with E-state index in [1.165, 1.54) is 25.7 Å². The molecule has 1 heterocycles. The van der Waals surface area contributed by atoms with Crippen molar-refractivity contribution in [2.24, 2.45) is 0 Å². The number of nitrogens with one attached hydrogen (secondary N) is 2. The maximum absolute atomic E-state index is 11.8. The van der Waals surface area contributed by atoms with Gasteiger partial charge >= 0.3 is 0 Å². The van der Waals surface area contributed by atoms with Crippen molar-refractivity contribution in [3.63, 3.8) is 0 Å². The molecule has 110 valence electrons. The molecule has 1 aliphatic carbocycles. The predicted molar refractivity (Wildman–Crippen MR) is 73.1 cm³/mol. The van der Waals surface area contributed by atoms with Crippen LogP contribution in [0.2, 0.25) is 0 Å². The molecule has 1 saturated carbocycles. The van der Waals surface area contributed by atoms with Crippen LogP contribution in [0.3, 0.4) is 0 Å². The third-order valence-electron chi connectivity index (χ3n) is 3.76. The molecule has 1 aliphatic heterocycles. The normalized spacial score (nSPS) is 25.8. The van der Waals surface area contributed by atoms with E-state index in [0.717, 1.165) is 12.8 Å². The van der Waals surface area contributed by atoms with Gasteiger partial charge in [-0.3, -0.25) is 4.79 Å². The standard InChI is InChI=1S/C14H26N2O3/c17-14(16-12-5-3-1-2-4-6-12)10-15-9-13-11-18-7-8-19-13/h12-13,15H,1-11H2,(H,16,17). The first-order chi connectivity index (χ1) is 9.34. The highest BCUT2D eigenvalue weighted by Crippen LogP contribution is 2.16. The molecule has 2 aliphatic rings. The number of hydrogen-bond acceptors (Lipinski definition) is 4. The molecule has 5 heteroatoms. The maximum atomic E-state index is 11.8. The van der Waals surface area contributed by atoms with Crippen LogP contribution < -0.4 is 10.6 Å². The van der Waals surface area contributed by atoms with E-state index < -0.39 is 0 Å². The van der Waals surface area contributed by atoms with Gasteiger partial charge in [0.05, 0.1) is 32.5 Å². The van der Waals surface area contributed by atoms with Gasteiger partial charge in [0.25, 0.3) is 0 Å². The molecule has 1 unspecified atom stereocenters. The molecule has 0 aromatic heterocycles. The zero-order valence-electron chi connectivity index (χ0n) is 11.7. The summed E-state index contributed by atoms with van der Waals surface area (Å²) in [6, 6.07) is 0.381. The van der Waals surface area contributed by atoms with Crippen LogP contribution in [0.1, 0.15) is 38.5 Å². The molecule has 2 N–H and O–H groups in total. The van der Waals surface area contributed by atoms with Gasteiger partial charge in [-0.2, -0.15) is 0 Å². The molecule has 1 saturated heterocycles. The highest BCUT2D eigenvalue weighted by atomic mass is 16.6. The lowest BCUT2D eigenvalue weighted by Crippen LogP contribution is -2.44. The Morgan fingerprint density at radius 1 is 1.11 bits per heavy atom. The van der Waals surface area contributed by atoms with Gasteiger partial charge in [-0.25, -0.2) is 0 Å². The summed E-state index contributed by atoms with van der Waals surface area (Å²) < 4.78 is 10.8. The van der Waals surface area contributed by atoms with Gasteiger partial charge in [0, 0.05) is 12.6 Å². The molecule has 0 bridgehead atoms. The second kappa shape index (κ2) is 8.51. The molecular formula is C14H26N2O3. The van der Waals surface area contributed by atoms with Crippen LogP contribution in [-0.4, -0.2) is 51.0 Å². The minimum Gasteiger partial charge on any atom is -0.376 e. The van der Waals surface area contributed by atoms with E-state index in [4.69, 9.17) is 9.47 Å². The summed E-state index contributed by atoms with van der Waals surface area (Å²) in [5.41, 5.74) is 0. The van der Waals surface area contributed by atoms with E-state index in [2.05, 4.69) is 10.6 Å². The summed E-state index contributed by atoms with van der Waals surface area (Å²) in [6.45, 7) is 3.00. The molecular weight excluding hydrogens is 244 g/mol. The van der Waals surface area contributed by atoms with E-state index in [-0.39, 0.29) is 12.0 Å². The quantitative estimate of drug-likeness (QED) is 0.727. The summed E-state index contributed by atoms with van der Waals surface area (Å²) in [6.07, 6.45) is 7.45. The SMILES string of the molecule is O=C(CNCC1COCCO1)NC1CCCCCC1. The highest BCUT2D eigenvalue weighted by molar-refractivity contribution is 5.78. The van der Waals surface area contributed by atoms with Crippen molar-refractivity contribution in [1.82, 2.24) is 10.6 Å². The topological polar surface area (TPSA) is 59.6 Å². The Hall–Kier alpha value is -0.650. The zero-order valence-corrected chi connectivity index (χ0v) is 11.7. The molecule has 19 heavy (non-hydrogen) atoms. The highest BCUT2D eigenvalue weighted by Gasteiger charge is 2.16. The van der Waals surface area contributed by atoms with E-state index in [1.54, 1.807) is 0 Å². The zero-order chi connectivity index (χ0) is 13.3. The first-order valence-electron chi connectivity index (χ1n) is 7.54. The fourth-order valence-electron chi connectivity index (χ4n) is 2.70. The Kier molecular flexibility index (Phi) is 6.61. The summed E-state index contributed by atoms with van der Waals surface area (Å²) in [4.78, 5) is 11.8. The fourth-order valence-corrected chi connectivity index (χ4v) is 2.70. The van der Waals surface area contributed by atoms with Crippen LogP contribution in [0, 0.1) is 0 Å². The molecule has 0 aromatic carbocycles. The van der Waals surface area contributed by atoms with Crippen LogP contribution in [0.25, 0.3) is 0 Å². The third kappa shape index (κ3) is 5.89. The smallest absolute Gasteiger partial charge is 0.234 e. The van der Waals surface area contributed by atoms with Crippen LogP contribution >= 0.6 is 0 Å². The summed E-state index contributed by atoms with van der Waals surface area (Å²) in [7, 11) is 0. The van der Waals surface area contributed by atoms with Crippen LogP contribution in [-0.2, 0) is 14.3 Å². The van der Waals surface area contributed by atoms with Gasteiger partial charge in [0.15, 0.2) is 0 Å². The first kappa shape index (κ1) is 14.8. The van der Waals surface area contributed by atoms with Crippen molar-refractivity contribution in [3.05, 3.63) is 0 Å². The Balaban J connectivity index is 1.55. The van der Waals surface area contributed by atoms with Crippen molar-refractivity contribution >= 4 is 5.91 Å². The molecule has 2 rings (SSSR count). The predicted octanol–water partition coefficient (Wildman–Crippen LogP) is 0.830. The van der Waals surface area contributed by atoms with Gasteiger partial charge < -0.3 is 20.1 Å². The first-order valence-corrected chi connectivity index (χ1v) is 7.54. The Morgan fingerprint density at radius 2 is 1.89 bits per heavy atom. The van der Waals surface area contributed by atoms with E-state index in [1.807, 2.05) is 0 Å². The second-order valence-electron chi connectivity index (χ2n) is 5.45. The minimum atomic E-state index is 0.0828. The average molecular weight is 270 g/mol. The molecule has 0 aromatic rings. The third-order valence-corrected chi connectivity index (χ3v) is 3.76. The van der Waals surface area contributed by atoms with Gasteiger partial charge in [0.1, 0.15) is 0 Å². The molecule has 1 amide bonds. The number of rotatable bonds is 5. The van der Waals surface area contributed by atoms with Crippen molar-refractivity contribution in [3.8, 4) is 0 Å². The maximum Gasteiger partial charge on any atom is 0.234 e. The molecule has 0 spiro atoms. The second-order valence-corrected chi connectivity index (χ2v) is 5.45. The van der Waals surface area contributed by atoms with Gasteiger partial charge in [-0.1, -0.05) is 25.7 Å². The van der Waals surface area contributed by atoms with Gasteiger partial charge in [-0.05, 0) is 12.8 Å². The van der Waals surface area contributed by atoms with E-state index in [9.17, 15) is 4.79 Å². The van der Waals surface area contributed by atoms with E-state index >= 15 is 0 Å². The van der Waals surface area contributed by atoms with Gasteiger partial charge in [0.2, 0.25) is 5.91 Å². The number of carbonyl (C=O) groups is 1.